The number of nitrogens with zero attached hydrogens (tertiary/aromatic N) is 4. The summed E-state index contributed by atoms with van der Waals surface area (Å²) in [6, 6.07) is 10.5. The van der Waals surface area contributed by atoms with Crippen molar-refractivity contribution in [3.8, 4) is 11.4 Å². The lowest BCUT2D eigenvalue weighted by atomic mass is 10.1. The number of halogens is 3. The van der Waals surface area contributed by atoms with E-state index in [1.807, 2.05) is 4.57 Å². The van der Waals surface area contributed by atoms with E-state index in [4.69, 9.17) is 0 Å². The Hall–Kier alpha value is -2.85. The molecule has 1 aliphatic rings. The Balaban J connectivity index is 1.57. The zero-order valence-electron chi connectivity index (χ0n) is 18.7. The number of Topliss-reactive ketones (excluding diaryl/α,β-unsaturated/α-hetero) is 1. The van der Waals surface area contributed by atoms with E-state index >= 15 is 0 Å². The van der Waals surface area contributed by atoms with E-state index in [0.717, 1.165) is 43.3 Å². The quantitative estimate of drug-likeness (QED) is 0.301. The Labute approximate surface area is 200 Å². The van der Waals surface area contributed by atoms with E-state index in [0.29, 0.717) is 23.2 Å². The van der Waals surface area contributed by atoms with Gasteiger partial charge in [-0.15, -0.1) is 10.2 Å². The second-order valence-corrected chi connectivity index (χ2v) is 9.08. The number of hydrogen-bond acceptors (Lipinski definition) is 6. The number of thioether (sulfide) groups is 1. The molecule has 0 N–H and O–H groups in total. The van der Waals surface area contributed by atoms with Gasteiger partial charge in [-0.1, -0.05) is 29.8 Å². The van der Waals surface area contributed by atoms with Gasteiger partial charge in [0, 0.05) is 5.69 Å². The molecule has 1 saturated heterocycles. The standard InChI is InChI=1S/C24H25F3N4O2S/c1-16-5-10-21(33-23(26)27)19(13-16)20(32)15-34-24-29-28-22(14-30-11-3-2-4-12-30)31(24)18-8-6-17(25)7-9-18/h5-10,13,23H,2-4,11-12,14-15H2,1H3. The number of carbonyl (C=O) groups excluding carboxylic acids is 1. The molecule has 3 aromatic rings. The first-order valence-electron chi connectivity index (χ1n) is 11.0. The lowest BCUT2D eigenvalue weighted by Crippen LogP contribution is -2.30. The highest BCUT2D eigenvalue weighted by Crippen LogP contribution is 2.28. The Kier molecular flexibility index (Phi) is 7.89. The fourth-order valence-electron chi connectivity index (χ4n) is 3.93. The normalized spacial score (nSPS) is 14.5. The van der Waals surface area contributed by atoms with Gasteiger partial charge >= 0.3 is 6.61 Å². The number of benzene rings is 2. The van der Waals surface area contributed by atoms with Crippen LogP contribution in [0.4, 0.5) is 13.2 Å². The first kappa shape index (κ1) is 24.3. The molecule has 4 rings (SSSR count). The number of ether oxygens (including phenoxy) is 1. The van der Waals surface area contributed by atoms with E-state index in [9.17, 15) is 18.0 Å². The van der Waals surface area contributed by atoms with Crippen molar-refractivity contribution in [1.29, 1.82) is 0 Å². The Morgan fingerprint density at radius 3 is 2.53 bits per heavy atom. The van der Waals surface area contributed by atoms with Gasteiger partial charge in [-0.25, -0.2) is 4.39 Å². The molecule has 0 radical (unpaired) electrons. The average molecular weight is 491 g/mol. The number of rotatable bonds is 9. The minimum Gasteiger partial charge on any atom is -0.434 e. The van der Waals surface area contributed by atoms with Gasteiger partial charge in [-0.2, -0.15) is 8.78 Å². The number of aryl methyl sites for hydroxylation is 1. The van der Waals surface area contributed by atoms with Crippen molar-refractivity contribution in [2.24, 2.45) is 0 Å². The molecule has 2 heterocycles. The second kappa shape index (κ2) is 11.1. The maximum Gasteiger partial charge on any atom is 0.387 e. The molecule has 0 saturated carbocycles. The zero-order chi connectivity index (χ0) is 24.1. The van der Waals surface area contributed by atoms with Gasteiger partial charge in [0.1, 0.15) is 11.6 Å². The molecule has 0 aliphatic carbocycles. The fraction of sp³-hybridized carbons (Fsp3) is 0.375. The number of hydrogen-bond donors (Lipinski definition) is 0. The number of carbonyl (C=O) groups is 1. The van der Waals surface area contributed by atoms with Crippen molar-refractivity contribution in [3.63, 3.8) is 0 Å². The smallest absolute Gasteiger partial charge is 0.387 e. The highest BCUT2D eigenvalue weighted by atomic mass is 32.2. The summed E-state index contributed by atoms with van der Waals surface area (Å²) in [6.45, 7) is 1.27. The maximum absolute atomic E-state index is 13.5. The molecule has 6 nitrogen and oxygen atoms in total. The third-order valence-corrected chi connectivity index (χ3v) is 6.51. The summed E-state index contributed by atoms with van der Waals surface area (Å²) in [6.07, 6.45) is 3.46. The van der Waals surface area contributed by atoms with Crippen molar-refractivity contribution in [2.45, 2.75) is 44.5 Å². The molecule has 0 amide bonds. The van der Waals surface area contributed by atoms with E-state index in [2.05, 4.69) is 19.8 Å². The maximum atomic E-state index is 13.5. The lowest BCUT2D eigenvalue weighted by Gasteiger charge is -2.26. The van der Waals surface area contributed by atoms with E-state index in [-0.39, 0.29) is 28.7 Å². The molecule has 1 aliphatic heterocycles. The molecule has 0 bridgehead atoms. The molecule has 0 unspecified atom stereocenters. The monoisotopic (exact) mass is 490 g/mol. The molecule has 10 heteroatoms. The SMILES string of the molecule is Cc1ccc(OC(F)F)c(C(=O)CSc2nnc(CN3CCCCC3)n2-c2ccc(F)cc2)c1. The van der Waals surface area contributed by atoms with Gasteiger partial charge in [-0.05, 0) is 69.3 Å². The summed E-state index contributed by atoms with van der Waals surface area (Å²) in [5, 5.41) is 9.11. The summed E-state index contributed by atoms with van der Waals surface area (Å²) >= 11 is 1.15. The molecular formula is C24H25F3N4O2S. The van der Waals surface area contributed by atoms with Crippen LogP contribution < -0.4 is 4.74 Å². The number of alkyl halides is 2. The van der Waals surface area contributed by atoms with Crippen molar-refractivity contribution in [3.05, 3.63) is 65.2 Å². The summed E-state index contributed by atoms with van der Waals surface area (Å²) in [4.78, 5) is 15.2. The number of ketones is 1. The van der Waals surface area contributed by atoms with E-state index in [1.54, 1.807) is 25.1 Å². The molecule has 0 spiro atoms. The molecule has 1 fully saturated rings. The first-order valence-corrected chi connectivity index (χ1v) is 12.0. The highest BCUT2D eigenvalue weighted by molar-refractivity contribution is 7.99. The van der Waals surface area contributed by atoms with Crippen molar-refractivity contribution < 1.29 is 22.7 Å². The van der Waals surface area contributed by atoms with Crippen molar-refractivity contribution >= 4 is 17.5 Å². The number of piperidine rings is 1. The van der Waals surface area contributed by atoms with Crippen LogP contribution in [0.3, 0.4) is 0 Å². The molecular weight excluding hydrogens is 465 g/mol. The van der Waals surface area contributed by atoms with Crippen LogP contribution in [0.15, 0.2) is 47.6 Å². The third kappa shape index (κ3) is 5.98. The molecule has 0 atom stereocenters. The minimum atomic E-state index is -3.03. The topological polar surface area (TPSA) is 60.2 Å². The van der Waals surface area contributed by atoms with Crippen LogP contribution in [0.5, 0.6) is 5.75 Å². The predicted octanol–water partition coefficient (Wildman–Crippen LogP) is 5.28. The summed E-state index contributed by atoms with van der Waals surface area (Å²) in [5.41, 5.74) is 1.54. The second-order valence-electron chi connectivity index (χ2n) is 8.14. The van der Waals surface area contributed by atoms with Gasteiger partial charge in [-0.3, -0.25) is 14.3 Å². The van der Waals surface area contributed by atoms with Crippen molar-refractivity contribution in [2.75, 3.05) is 18.8 Å². The van der Waals surface area contributed by atoms with Crippen LogP contribution in [0.25, 0.3) is 5.69 Å². The average Bonchev–Trinajstić information content (AvgIpc) is 3.21. The van der Waals surface area contributed by atoms with Gasteiger partial charge in [0.05, 0.1) is 17.9 Å². The summed E-state index contributed by atoms with van der Waals surface area (Å²) < 4.78 is 45.5. The largest absolute Gasteiger partial charge is 0.434 e. The van der Waals surface area contributed by atoms with Crippen LogP contribution >= 0.6 is 11.8 Å². The summed E-state index contributed by atoms with van der Waals surface area (Å²) in [5.74, 6) is -0.232. The fourth-order valence-corrected chi connectivity index (χ4v) is 4.79. The van der Waals surface area contributed by atoms with Crippen LogP contribution in [-0.2, 0) is 6.54 Å². The molecule has 34 heavy (non-hydrogen) atoms. The summed E-state index contributed by atoms with van der Waals surface area (Å²) in [7, 11) is 0. The molecule has 180 valence electrons. The Bertz CT molecular complexity index is 1130. The lowest BCUT2D eigenvalue weighted by molar-refractivity contribution is -0.0501. The molecule has 2 aromatic carbocycles. The number of likely N-dealkylation sites (tertiary alicyclic amines) is 1. The van der Waals surface area contributed by atoms with Crippen LogP contribution in [0.1, 0.15) is 41.0 Å². The number of aromatic nitrogens is 3. The zero-order valence-corrected chi connectivity index (χ0v) is 19.5. The van der Waals surface area contributed by atoms with Crippen LogP contribution in [-0.4, -0.2) is 50.9 Å². The van der Waals surface area contributed by atoms with Crippen molar-refractivity contribution in [1.82, 2.24) is 19.7 Å². The first-order chi connectivity index (χ1) is 16.4. The Morgan fingerprint density at radius 2 is 1.82 bits per heavy atom. The van der Waals surface area contributed by atoms with Gasteiger partial charge in [0.2, 0.25) is 0 Å². The highest BCUT2D eigenvalue weighted by Gasteiger charge is 2.21. The minimum absolute atomic E-state index is 0.0495. The van der Waals surface area contributed by atoms with Crippen LogP contribution in [0, 0.1) is 12.7 Å². The van der Waals surface area contributed by atoms with Gasteiger partial charge in [0.25, 0.3) is 0 Å². The third-order valence-electron chi connectivity index (χ3n) is 5.58. The van der Waals surface area contributed by atoms with E-state index in [1.165, 1.54) is 30.7 Å². The Morgan fingerprint density at radius 1 is 1.09 bits per heavy atom. The van der Waals surface area contributed by atoms with Gasteiger partial charge in [0.15, 0.2) is 16.8 Å². The van der Waals surface area contributed by atoms with E-state index < -0.39 is 6.61 Å². The van der Waals surface area contributed by atoms with Gasteiger partial charge < -0.3 is 4.74 Å². The van der Waals surface area contributed by atoms with Crippen LogP contribution in [0.2, 0.25) is 0 Å². The molecule has 1 aromatic heterocycles. The predicted molar refractivity (Wildman–Crippen MR) is 123 cm³/mol.